The number of ether oxygens (including phenoxy) is 3. The van der Waals surface area contributed by atoms with Gasteiger partial charge in [0.25, 0.3) is 11.1 Å². The fourth-order valence-corrected chi connectivity index (χ4v) is 7.65. The summed E-state index contributed by atoms with van der Waals surface area (Å²) in [4.78, 5) is 64.9. The van der Waals surface area contributed by atoms with Gasteiger partial charge in [-0.05, 0) is 34.6 Å². The van der Waals surface area contributed by atoms with Crippen LogP contribution < -0.4 is 22.5 Å². The van der Waals surface area contributed by atoms with Gasteiger partial charge < -0.3 is 34.6 Å². The summed E-state index contributed by atoms with van der Waals surface area (Å²) in [5.41, 5.74) is -3.76. The minimum absolute atomic E-state index is 0.117. The molecule has 2 unspecified atom stereocenters. The summed E-state index contributed by atoms with van der Waals surface area (Å²) in [6, 6.07) is 0. The fraction of sp³-hybridized carbons (Fsp3) is 0.654. The number of aromatic nitrogens is 4. The van der Waals surface area contributed by atoms with Gasteiger partial charge in [-0.15, -0.1) is 0 Å². The number of aliphatic hydroxyl groups excluding tert-OH is 3. The predicted molar refractivity (Wildman–Crippen MR) is 161 cm³/mol. The number of hydrogen-bond donors (Lipinski definition) is 6. The normalized spacial score (nSPS) is 28.2. The van der Waals surface area contributed by atoms with Crippen molar-refractivity contribution in [3.8, 4) is 0 Å². The number of hydrogen-bond acceptors (Lipinski definition) is 16. The summed E-state index contributed by atoms with van der Waals surface area (Å²) in [7, 11) is 0. The monoisotopic (exact) mass is 708 g/mol. The second kappa shape index (κ2) is 13.9. The maximum absolute atomic E-state index is 14.2. The second-order valence-electron chi connectivity index (χ2n) is 12.1. The molecular weight excluding hydrogens is 671 g/mol. The Morgan fingerprint density at radius 2 is 1.64 bits per heavy atom. The van der Waals surface area contributed by atoms with Gasteiger partial charge >= 0.3 is 24.1 Å². The van der Waals surface area contributed by atoms with E-state index in [-0.39, 0.29) is 28.9 Å². The molecule has 19 nitrogen and oxygen atoms in total. The highest BCUT2D eigenvalue weighted by Gasteiger charge is 2.55. The number of aliphatic hydroxyl groups is 4. The SMILES string of the molecule is Cc1cn([C@H]2C[C@H](O)[C@@H](C(O)OP(=O)(O[C@]3(O)C[C@H](n4cc(C)c(=O)[nH]c4=O)O[C@@H]3CO)SCOC(=O)C(C)(C)C)O2)c(=O)[nH]c1=O. The van der Waals surface area contributed by atoms with Crippen LogP contribution in [-0.2, 0) is 32.6 Å². The summed E-state index contributed by atoms with van der Waals surface area (Å²) < 4.78 is 43.3. The lowest BCUT2D eigenvalue weighted by atomic mass is 9.98. The molecule has 262 valence electrons. The van der Waals surface area contributed by atoms with Gasteiger partial charge in [0.15, 0.2) is 6.29 Å². The molecule has 47 heavy (non-hydrogen) atoms. The fourth-order valence-electron chi connectivity index (χ4n) is 4.70. The van der Waals surface area contributed by atoms with Crippen molar-refractivity contribution in [2.24, 2.45) is 5.41 Å². The number of nitrogens with one attached hydrogen (secondary N) is 2. The predicted octanol–water partition coefficient (Wildman–Crippen LogP) is -0.940. The van der Waals surface area contributed by atoms with Gasteiger partial charge in [0.1, 0.15) is 30.6 Å². The highest BCUT2D eigenvalue weighted by molar-refractivity contribution is 8.55. The van der Waals surface area contributed by atoms with E-state index in [0.29, 0.717) is 0 Å². The molecule has 0 spiro atoms. The van der Waals surface area contributed by atoms with Gasteiger partial charge in [0.05, 0.1) is 24.5 Å². The lowest BCUT2D eigenvalue weighted by molar-refractivity contribution is -0.199. The maximum atomic E-state index is 14.2. The number of carbonyl (C=O) groups is 1. The maximum Gasteiger partial charge on any atom is 0.397 e. The number of rotatable bonds is 11. The van der Waals surface area contributed by atoms with Gasteiger partial charge in [-0.2, -0.15) is 0 Å². The lowest BCUT2D eigenvalue weighted by Crippen LogP contribution is -2.43. The topological polar surface area (TPSA) is 271 Å². The average molecular weight is 709 g/mol. The van der Waals surface area contributed by atoms with Crippen molar-refractivity contribution in [3.63, 3.8) is 0 Å². The zero-order valence-electron chi connectivity index (χ0n) is 26.0. The minimum atomic E-state index is -4.90. The summed E-state index contributed by atoms with van der Waals surface area (Å²) >= 11 is 0.225. The van der Waals surface area contributed by atoms with Crippen LogP contribution in [-0.4, -0.2) is 88.4 Å². The zero-order chi connectivity index (χ0) is 35.1. The largest absolute Gasteiger partial charge is 0.454 e. The summed E-state index contributed by atoms with van der Waals surface area (Å²) in [6.45, 7) is 1.71. The Balaban J connectivity index is 1.59. The first-order valence-corrected chi connectivity index (χ1v) is 17.4. The van der Waals surface area contributed by atoms with E-state index >= 15 is 0 Å². The van der Waals surface area contributed by atoms with E-state index in [1.165, 1.54) is 20.0 Å². The Hall–Kier alpha value is -2.91. The molecule has 4 rings (SSSR count). The van der Waals surface area contributed by atoms with Crippen LogP contribution in [0.1, 0.15) is 57.2 Å². The molecule has 4 heterocycles. The first-order chi connectivity index (χ1) is 21.8. The van der Waals surface area contributed by atoms with E-state index in [1.807, 2.05) is 0 Å². The summed E-state index contributed by atoms with van der Waals surface area (Å²) in [6.07, 6.45) is -8.15. The van der Waals surface area contributed by atoms with Crippen molar-refractivity contribution in [2.75, 3.05) is 12.5 Å². The Kier molecular flexibility index (Phi) is 10.9. The van der Waals surface area contributed by atoms with E-state index < -0.39 is 102 Å². The molecule has 0 amide bonds. The molecular formula is C26H37N4O15PS. The Morgan fingerprint density at radius 1 is 1.09 bits per heavy atom. The van der Waals surface area contributed by atoms with Gasteiger partial charge in [-0.3, -0.25) is 42.5 Å². The molecule has 21 heteroatoms. The Labute approximate surface area is 269 Å². The smallest absolute Gasteiger partial charge is 0.397 e. The quantitative estimate of drug-likeness (QED) is 0.0934. The molecule has 2 aliphatic heterocycles. The van der Waals surface area contributed by atoms with Crippen molar-refractivity contribution in [1.29, 1.82) is 0 Å². The van der Waals surface area contributed by atoms with E-state index in [4.69, 9.17) is 23.3 Å². The summed E-state index contributed by atoms with van der Waals surface area (Å²) in [5.74, 6) is -4.04. The average Bonchev–Trinajstić information content (AvgIpc) is 3.50. The van der Waals surface area contributed by atoms with E-state index in [0.717, 1.165) is 15.3 Å². The standard InChI is InChI=1S/C26H37N4O15PS/c1-12-8-29(23(37)27-19(12)33)16-6-14(32)18(43-16)21(35)44-46(40,47-11-41-22(36)25(3,4)5)45-26(39)7-17(42-15(26)10-31)30-9-13(2)20(34)28-24(30)38/h8-9,14-18,21,31-32,35,39H,6-7,10-11H2,1-5H3,(H,27,33,37)(H,28,34,38)/t14-,15+,16+,17+,18-,21?,26+,46?/m0/s1. The Bertz CT molecular complexity index is 1770. The van der Waals surface area contributed by atoms with Crippen LogP contribution in [0.4, 0.5) is 0 Å². The molecule has 2 fully saturated rings. The number of carbonyl (C=O) groups excluding carboxylic acids is 1. The van der Waals surface area contributed by atoms with E-state index in [9.17, 15) is 49.0 Å². The molecule has 0 aromatic carbocycles. The van der Waals surface area contributed by atoms with Crippen molar-refractivity contribution in [1.82, 2.24) is 19.1 Å². The third-order valence-corrected chi connectivity index (χ3v) is 10.6. The third-order valence-electron chi connectivity index (χ3n) is 7.31. The van der Waals surface area contributed by atoms with Crippen LogP contribution in [0, 0.1) is 19.3 Å². The molecule has 0 aliphatic carbocycles. The van der Waals surface area contributed by atoms with Gasteiger partial charge in [-0.25, -0.2) is 14.2 Å². The number of nitrogens with zero attached hydrogens (tertiary/aromatic N) is 2. The zero-order valence-corrected chi connectivity index (χ0v) is 27.7. The molecule has 0 bridgehead atoms. The van der Waals surface area contributed by atoms with E-state index in [1.54, 1.807) is 20.8 Å². The van der Waals surface area contributed by atoms with Crippen molar-refractivity contribution in [3.05, 3.63) is 65.2 Å². The lowest BCUT2D eigenvalue weighted by Gasteiger charge is -2.32. The molecule has 6 N–H and O–H groups in total. The summed E-state index contributed by atoms with van der Waals surface area (Å²) in [5, 5.41) is 43.1. The molecule has 0 saturated carbocycles. The molecule has 2 saturated heterocycles. The Morgan fingerprint density at radius 3 is 2.17 bits per heavy atom. The minimum Gasteiger partial charge on any atom is -0.454 e. The van der Waals surface area contributed by atoms with Crippen molar-refractivity contribution in [2.45, 2.75) is 90.3 Å². The molecule has 2 aliphatic rings. The van der Waals surface area contributed by atoms with Crippen LogP contribution in [0.2, 0.25) is 0 Å². The molecule has 0 radical (unpaired) electrons. The third kappa shape index (κ3) is 8.22. The molecule has 2 aromatic heterocycles. The van der Waals surface area contributed by atoms with Gasteiger partial charge in [0, 0.05) is 41.3 Å². The van der Waals surface area contributed by atoms with Crippen LogP contribution in [0.15, 0.2) is 31.6 Å². The van der Waals surface area contributed by atoms with Crippen LogP contribution >= 0.6 is 18.2 Å². The number of esters is 1. The molecule has 8 atom stereocenters. The van der Waals surface area contributed by atoms with Crippen LogP contribution in [0.3, 0.4) is 0 Å². The molecule has 2 aromatic rings. The van der Waals surface area contributed by atoms with Crippen molar-refractivity contribution >= 4 is 24.1 Å². The van der Waals surface area contributed by atoms with E-state index in [2.05, 4.69) is 9.97 Å². The second-order valence-corrected chi connectivity index (χ2v) is 16.0. The number of H-pyrrole nitrogens is 2. The van der Waals surface area contributed by atoms with Gasteiger partial charge in [-0.1, -0.05) is 0 Å². The first kappa shape index (κ1) is 36.9. The van der Waals surface area contributed by atoms with Crippen LogP contribution in [0.25, 0.3) is 0 Å². The highest BCUT2D eigenvalue weighted by Crippen LogP contribution is 2.65. The van der Waals surface area contributed by atoms with Crippen LogP contribution in [0.5, 0.6) is 0 Å². The number of aryl methyl sites for hydroxylation is 2. The highest BCUT2D eigenvalue weighted by atomic mass is 32.7. The van der Waals surface area contributed by atoms with Gasteiger partial charge in [0.2, 0.25) is 5.79 Å². The number of aromatic amines is 2. The van der Waals surface area contributed by atoms with Crippen molar-refractivity contribution < 1.29 is 53.0 Å². The first-order valence-electron chi connectivity index (χ1n) is 14.2.